The molecule has 0 spiro atoms. The van der Waals surface area contributed by atoms with Gasteiger partial charge >= 0.3 is 0 Å². The van der Waals surface area contributed by atoms with Gasteiger partial charge in [-0.2, -0.15) is 0 Å². The van der Waals surface area contributed by atoms with Gasteiger partial charge in [0.2, 0.25) is 5.91 Å². The van der Waals surface area contributed by atoms with E-state index in [0.717, 1.165) is 0 Å². The zero-order valence-corrected chi connectivity index (χ0v) is 9.09. The molecule has 0 aliphatic carbocycles. The first-order valence-electron chi connectivity index (χ1n) is 4.36. The van der Waals surface area contributed by atoms with Crippen molar-refractivity contribution < 1.29 is 9.18 Å². The lowest BCUT2D eigenvalue weighted by Gasteiger charge is -2.16. The molecule has 0 N–H and O–H groups in total. The molecular weight excluding hydrogens is 217 g/mol. The van der Waals surface area contributed by atoms with Crippen LogP contribution in [0.1, 0.15) is 5.56 Å². The lowest BCUT2D eigenvalue weighted by atomic mass is 10.2. The number of benzene rings is 1. The lowest BCUT2D eigenvalue weighted by molar-refractivity contribution is -0.125. The van der Waals surface area contributed by atoms with E-state index in [2.05, 4.69) is 6.58 Å². The highest BCUT2D eigenvalue weighted by Crippen LogP contribution is 2.20. The third-order valence-corrected chi connectivity index (χ3v) is 2.36. The van der Waals surface area contributed by atoms with Gasteiger partial charge in [0.25, 0.3) is 0 Å². The van der Waals surface area contributed by atoms with Crippen molar-refractivity contribution in [1.82, 2.24) is 4.90 Å². The third-order valence-electron chi connectivity index (χ3n) is 2.01. The normalized spacial score (nSPS) is 9.80. The molecule has 15 heavy (non-hydrogen) atoms. The summed E-state index contributed by atoms with van der Waals surface area (Å²) in [5, 5.41) is 0.318. The van der Waals surface area contributed by atoms with Gasteiger partial charge in [-0.25, -0.2) is 4.39 Å². The minimum Gasteiger partial charge on any atom is -0.338 e. The van der Waals surface area contributed by atoms with Crippen LogP contribution in [-0.2, 0) is 11.3 Å². The summed E-state index contributed by atoms with van der Waals surface area (Å²) in [5.74, 6) is -0.680. The van der Waals surface area contributed by atoms with Gasteiger partial charge in [0.05, 0.1) is 0 Å². The SMILES string of the molecule is C=CC(=O)N(C)Cc1c(F)cccc1Cl. The number of rotatable bonds is 3. The van der Waals surface area contributed by atoms with Gasteiger partial charge in [-0.3, -0.25) is 4.79 Å². The Morgan fingerprint density at radius 1 is 1.67 bits per heavy atom. The van der Waals surface area contributed by atoms with Crippen LogP contribution in [0.5, 0.6) is 0 Å². The van der Waals surface area contributed by atoms with Gasteiger partial charge in [-0.15, -0.1) is 0 Å². The van der Waals surface area contributed by atoms with Gasteiger partial charge < -0.3 is 4.90 Å². The number of halogens is 2. The second-order valence-electron chi connectivity index (χ2n) is 3.10. The van der Waals surface area contributed by atoms with Crippen LogP contribution in [0.2, 0.25) is 5.02 Å². The Morgan fingerprint density at radius 2 is 2.33 bits per heavy atom. The Morgan fingerprint density at radius 3 is 2.87 bits per heavy atom. The summed E-state index contributed by atoms with van der Waals surface area (Å²) in [7, 11) is 1.56. The van der Waals surface area contributed by atoms with Gasteiger partial charge in [0.1, 0.15) is 5.82 Å². The van der Waals surface area contributed by atoms with Crippen LogP contribution in [0.3, 0.4) is 0 Å². The molecule has 0 aromatic heterocycles. The van der Waals surface area contributed by atoms with Crippen molar-refractivity contribution in [2.75, 3.05) is 7.05 Å². The van der Waals surface area contributed by atoms with Crippen LogP contribution in [0, 0.1) is 5.82 Å². The molecule has 0 atom stereocenters. The van der Waals surface area contributed by atoms with Gasteiger partial charge in [0.15, 0.2) is 0 Å². The van der Waals surface area contributed by atoms with Gasteiger partial charge in [0, 0.05) is 24.2 Å². The molecule has 0 saturated heterocycles. The molecule has 1 amide bonds. The largest absolute Gasteiger partial charge is 0.338 e. The average molecular weight is 228 g/mol. The molecule has 0 aliphatic heterocycles. The Bertz CT molecular complexity index is 372. The molecular formula is C11H11ClFNO. The van der Waals surface area contributed by atoms with Crippen molar-refractivity contribution in [3.05, 3.63) is 47.3 Å². The van der Waals surface area contributed by atoms with E-state index in [4.69, 9.17) is 11.6 Å². The molecule has 4 heteroatoms. The number of carbonyl (C=O) groups is 1. The van der Waals surface area contributed by atoms with E-state index in [-0.39, 0.29) is 12.5 Å². The first-order valence-corrected chi connectivity index (χ1v) is 4.74. The molecule has 0 saturated carbocycles. The van der Waals surface area contributed by atoms with Crippen molar-refractivity contribution in [3.8, 4) is 0 Å². The fourth-order valence-corrected chi connectivity index (χ4v) is 1.38. The van der Waals surface area contributed by atoms with Crippen LogP contribution in [-0.4, -0.2) is 17.9 Å². The molecule has 1 rings (SSSR count). The summed E-state index contributed by atoms with van der Waals surface area (Å²) >= 11 is 5.82. The quantitative estimate of drug-likeness (QED) is 0.727. The topological polar surface area (TPSA) is 20.3 Å². The first-order chi connectivity index (χ1) is 7.06. The van der Waals surface area contributed by atoms with E-state index in [1.54, 1.807) is 13.1 Å². The predicted octanol–water partition coefficient (Wildman–Crippen LogP) is 2.62. The van der Waals surface area contributed by atoms with E-state index in [1.807, 2.05) is 0 Å². The lowest BCUT2D eigenvalue weighted by Crippen LogP contribution is -2.24. The molecule has 0 aliphatic rings. The van der Waals surface area contributed by atoms with Crippen LogP contribution in [0.25, 0.3) is 0 Å². The third kappa shape index (κ3) is 2.80. The molecule has 1 aromatic carbocycles. The maximum absolute atomic E-state index is 13.3. The summed E-state index contributed by atoms with van der Waals surface area (Å²) < 4.78 is 13.3. The van der Waals surface area contributed by atoms with E-state index in [0.29, 0.717) is 10.6 Å². The number of likely N-dealkylation sites (N-methyl/N-ethyl adjacent to an activating group) is 1. The van der Waals surface area contributed by atoms with E-state index in [1.165, 1.54) is 23.1 Å². The van der Waals surface area contributed by atoms with Crippen LogP contribution in [0.15, 0.2) is 30.9 Å². The second kappa shape index (κ2) is 4.94. The van der Waals surface area contributed by atoms with Crippen LogP contribution >= 0.6 is 11.6 Å². The fraction of sp³-hybridized carbons (Fsp3) is 0.182. The second-order valence-corrected chi connectivity index (χ2v) is 3.51. The van der Waals surface area contributed by atoms with Crippen molar-refractivity contribution in [2.45, 2.75) is 6.54 Å². The predicted molar refractivity (Wildman–Crippen MR) is 58.1 cm³/mol. The van der Waals surface area contributed by atoms with Crippen molar-refractivity contribution in [1.29, 1.82) is 0 Å². The highest BCUT2D eigenvalue weighted by Gasteiger charge is 2.11. The van der Waals surface area contributed by atoms with Gasteiger partial charge in [-0.1, -0.05) is 24.2 Å². The highest BCUT2D eigenvalue weighted by atomic mass is 35.5. The Balaban J connectivity index is 2.89. The minimum atomic E-state index is -0.411. The van der Waals surface area contributed by atoms with E-state index in [9.17, 15) is 9.18 Å². The number of hydrogen-bond acceptors (Lipinski definition) is 1. The summed E-state index contributed by atoms with van der Waals surface area (Å²) in [6, 6.07) is 4.43. The van der Waals surface area contributed by atoms with Gasteiger partial charge in [-0.05, 0) is 18.2 Å². The molecule has 0 fully saturated rings. The maximum atomic E-state index is 13.3. The zero-order valence-electron chi connectivity index (χ0n) is 8.34. The smallest absolute Gasteiger partial charge is 0.245 e. The molecule has 0 heterocycles. The highest BCUT2D eigenvalue weighted by molar-refractivity contribution is 6.31. The van der Waals surface area contributed by atoms with E-state index < -0.39 is 5.82 Å². The van der Waals surface area contributed by atoms with Crippen molar-refractivity contribution in [2.24, 2.45) is 0 Å². The summed E-state index contributed by atoms with van der Waals surface area (Å²) in [6.45, 7) is 3.49. The number of hydrogen-bond donors (Lipinski definition) is 0. The zero-order chi connectivity index (χ0) is 11.4. The summed E-state index contributed by atoms with van der Waals surface area (Å²) in [5.41, 5.74) is 0.317. The van der Waals surface area contributed by atoms with Crippen LogP contribution < -0.4 is 0 Å². The van der Waals surface area contributed by atoms with Crippen molar-refractivity contribution in [3.63, 3.8) is 0 Å². The Hall–Kier alpha value is -1.35. The maximum Gasteiger partial charge on any atom is 0.245 e. The minimum absolute atomic E-state index is 0.135. The monoisotopic (exact) mass is 227 g/mol. The Labute approximate surface area is 93.0 Å². The number of nitrogens with zero attached hydrogens (tertiary/aromatic N) is 1. The van der Waals surface area contributed by atoms with Crippen molar-refractivity contribution >= 4 is 17.5 Å². The summed E-state index contributed by atoms with van der Waals surface area (Å²) in [6.07, 6.45) is 1.18. The molecule has 0 unspecified atom stereocenters. The Kier molecular flexibility index (Phi) is 3.86. The summed E-state index contributed by atoms with van der Waals surface area (Å²) in [4.78, 5) is 12.5. The fourth-order valence-electron chi connectivity index (χ4n) is 1.15. The molecule has 1 aromatic rings. The molecule has 0 bridgehead atoms. The van der Waals surface area contributed by atoms with Crippen LogP contribution in [0.4, 0.5) is 4.39 Å². The molecule has 2 nitrogen and oxygen atoms in total. The number of amides is 1. The standard InChI is InChI=1S/C11H11ClFNO/c1-3-11(15)14(2)7-8-9(12)5-4-6-10(8)13/h3-6H,1,7H2,2H3. The first kappa shape index (κ1) is 11.7. The molecule has 0 radical (unpaired) electrons. The molecule has 80 valence electrons. The van der Waals surface area contributed by atoms with E-state index >= 15 is 0 Å². The average Bonchev–Trinajstić information content (AvgIpc) is 2.22. The number of carbonyl (C=O) groups excluding carboxylic acids is 1.